The van der Waals surface area contributed by atoms with Gasteiger partial charge in [-0.25, -0.2) is 0 Å². The van der Waals surface area contributed by atoms with Gasteiger partial charge >= 0.3 is 0 Å². The van der Waals surface area contributed by atoms with Crippen LogP contribution in [-0.4, -0.2) is 19.6 Å². The van der Waals surface area contributed by atoms with Gasteiger partial charge in [0.1, 0.15) is 0 Å². The molecule has 41 heavy (non-hydrogen) atoms. The maximum absolute atomic E-state index is 6.23. The van der Waals surface area contributed by atoms with E-state index in [-0.39, 0.29) is 0 Å². The summed E-state index contributed by atoms with van der Waals surface area (Å²) in [5.74, 6) is 1.84. The molecule has 0 saturated heterocycles. The van der Waals surface area contributed by atoms with Crippen LogP contribution >= 0.6 is 0 Å². The average Bonchev–Trinajstić information content (AvgIpc) is 3.00. The van der Waals surface area contributed by atoms with E-state index < -0.39 is 0 Å². The lowest BCUT2D eigenvalue weighted by molar-refractivity contribution is 0.446. The quantitative estimate of drug-likeness (QED) is 0.142. The standard InChI is InChI=1S/C38H53N3/c1-5-14-32(27-29(3)15-9-11-25-39)36-24-23-35(37-19-7-8-20-38(36)37)30(4)21-22-31(6-2)33(28-40)16-13-18-34-17-10-12-26-41-34/h5,7-14,16-20,27,29,31,36,38,41H,4,6,15,21-26,28,39-40H2,1-3H3/b11-9-,14-5-,18-13+,32-27+,33-16+. The molecule has 3 nitrogen and oxygen atoms in total. The molecule has 0 radical (unpaired) electrons. The fourth-order valence-electron chi connectivity index (χ4n) is 6.28. The predicted octanol–water partition coefficient (Wildman–Crippen LogP) is 8.33. The third-order valence-corrected chi connectivity index (χ3v) is 8.52. The molecule has 0 saturated carbocycles. The van der Waals surface area contributed by atoms with Crippen molar-refractivity contribution in [2.75, 3.05) is 19.6 Å². The number of hydrogen-bond donors (Lipinski definition) is 3. The van der Waals surface area contributed by atoms with Crippen molar-refractivity contribution in [2.45, 2.75) is 59.3 Å². The molecule has 0 amide bonds. The first-order valence-electron chi connectivity index (χ1n) is 15.7. The molecular formula is C38H53N3. The van der Waals surface area contributed by atoms with Gasteiger partial charge in [-0.15, -0.1) is 0 Å². The molecule has 3 aliphatic rings. The van der Waals surface area contributed by atoms with Crippen molar-refractivity contribution in [3.8, 4) is 0 Å². The number of hydrogen-bond acceptors (Lipinski definition) is 3. The highest BCUT2D eigenvalue weighted by Gasteiger charge is 2.32. The van der Waals surface area contributed by atoms with E-state index in [0.717, 1.165) is 50.8 Å². The molecule has 3 heteroatoms. The zero-order valence-electron chi connectivity index (χ0n) is 25.7. The fraction of sp³-hybridized carbons (Fsp3) is 0.421. The highest BCUT2D eigenvalue weighted by molar-refractivity contribution is 5.49. The van der Waals surface area contributed by atoms with Crippen LogP contribution in [0.5, 0.6) is 0 Å². The van der Waals surface area contributed by atoms with Crippen LogP contribution in [0.2, 0.25) is 0 Å². The number of fused-ring (bicyclic) bond motifs is 1. The van der Waals surface area contributed by atoms with E-state index >= 15 is 0 Å². The summed E-state index contributed by atoms with van der Waals surface area (Å²) in [5, 5.41) is 3.38. The maximum atomic E-state index is 6.23. The van der Waals surface area contributed by atoms with E-state index in [4.69, 9.17) is 11.5 Å². The molecule has 0 aromatic heterocycles. The third-order valence-electron chi connectivity index (χ3n) is 8.52. The van der Waals surface area contributed by atoms with E-state index in [9.17, 15) is 0 Å². The van der Waals surface area contributed by atoms with Gasteiger partial charge in [0.15, 0.2) is 0 Å². The number of rotatable bonds is 15. The zero-order chi connectivity index (χ0) is 29.5. The van der Waals surface area contributed by atoms with Gasteiger partial charge in [0, 0.05) is 31.2 Å². The summed E-state index contributed by atoms with van der Waals surface area (Å²) in [7, 11) is 0. The van der Waals surface area contributed by atoms with Crippen molar-refractivity contribution in [2.24, 2.45) is 35.1 Å². The average molecular weight is 552 g/mol. The summed E-state index contributed by atoms with van der Waals surface area (Å²) in [5.41, 5.74) is 20.0. The Morgan fingerprint density at radius 2 is 2.05 bits per heavy atom. The van der Waals surface area contributed by atoms with E-state index in [1.54, 1.807) is 0 Å². The lowest BCUT2D eigenvalue weighted by atomic mass is 9.68. The minimum atomic E-state index is 0.402. The second-order valence-electron chi connectivity index (χ2n) is 11.4. The van der Waals surface area contributed by atoms with E-state index in [2.05, 4.69) is 124 Å². The minimum absolute atomic E-state index is 0.402. The topological polar surface area (TPSA) is 64.1 Å². The Bertz CT molecular complexity index is 1180. The van der Waals surface area contributed by atoms with Crippen LogP contribution in [0.3, 0.4) is 0 Å². The smallest absolute Gasteiger partial charge is 0.0342 e. The van der Waals surface area contributed by atoms with Gasteiger partial charge in [-0.2, -0.15) is 0 Å². The Morgan fingerprint density at radius 3 is 2.76 bits per heavy atom. The van der Waals surface area contributed by atoms with Crippen LogP contribution in [0.25, 0.3) is 0 Å². The van der Waals surface area contributed by atoms with Gasteiger partial charge < -0.3 is 16.8 Å². The first-order chi connectivity index (χ1) is 20.0. The molecule has 5 N–H and O–H groups in total. The molecule has 0 spiro atoms. The van der Waals surface area contributed by atoms with Crippen LogP contribution in [-0.2, 0) is 0 Å². The Kier molecular flexibility index (Phi) is 13.9. The Labute approximate surface area is 250 Å². The molecule has 2 aliphatic carbocycles. The van der Waals surface area contributed by atoms with Crippen molar-refractivity contribution >= 4 is 0 Å². The first kappa shape index (κ1) is 32.4. The van der Waals surface area contributed by atoms with Gasteiger partial charge in [0.05, 0.1) is 0 Å². The highest BCUT2D eigenvalue weighted by Crippen LogP contribution is 2.45. The molecule has 0 fully saturated rings. The van der Waals surface area contributed by atoms with Crippen molar-refractivity contribution in [1.29, 1.82) is 0 Å². The normalized spacial score (nSPS) is 22.9. The summed E-state index contributed by atoms with van der Waals surface area (Å²) in [6.45, 7) is 13.4. The van der Waals surface area contributed by atoms with Gasteiger partial charge in [0.25, 0.3) is 0 Å². The summed E-state index contributed by atoms with van der Waals surface area (Å²) in [4.78, 5) is 0. The molecule has 3 rings (SSSR count). The van der Waals surface area contributed by atoms with Crippen molar-refractivity contribution in [3.63, 3.8) is 0 Å². The molecule has 0 bridgehead atoms. The van der Waals surface area contributed by atoms with Crippen LogP contribution in [0.1, 0.15) is 59.3 Å². The van der Waals surface area contributed by atoms with Crippen molar-refractivity contribution in [1.82, 2.24) is 5.32 Å². The van der Waals surface area contributed by atoms with Gasteiger partial charge in [0.2, 0.25) is 0 Å². The second kappa shape index (κ2) is 17.6. The van der Waals surface area contributed by atoms with Crippen LogP contribution in [0.4, 0.5) is 0 Å². The molecule has 220 valence electrons. The fourth-order valence-corrected chi connectivity index (χ4v) is 6.28. The summed E-state index contributed by atoms with van der Waals surface area (Å²) in [6.07, 6.45) is 39.7. The Balaban J connectivity index is 1.73. The molecule has 0 aromatic rings. The van der Waals surface area contributed by atoms with Crippen LogP contribution in [0.15, 0.2) is 131 Å². The molecule has 0 aromatic carbocycles. The molecule has 1 aliphatic heterocycles. The van der Waals surface area contributed by atoms with Crippen LogP contribution < -0.4 is 16.8 Å². The minimum Gasteiger partial charge on any atom is -0.382 e. The van der Waals surface area contributed by atoms with Gasteiger partial charge in [-0.05, 0) is 92.1 Å². The van der Waals surface area contributed by atoms with Crippen molar-refractivity contribution in [3.05, 3.63) is 131 Å². The number of dihydropyridines is 1. The first-order valence-corrected chi connectivity index (χ1v) is 15.7. The Morgan fingerprint density at radius 1 is 1.20 bits per heavy atom. The number of nitrogens with two attached hydrogens (primary N) is 2. The van der Waals surface area contributed by atoms with Crippen LogP contribution in [0, 0.1) is 23.7 Å². The van der Waals surface area contributed by atoms with Crippen molar-refractivity contribution < 1.29 is 0 Å². The number of allylic oxidation sites excluding steroid dienone is 17. The SMILES string of the molecule is C=C(CCC(CC)/C(=C/C=C/C1=CC=CCN1)CN)C1=C2C=CC=CC2C(C(/C=C\C)=C/C(C)C/C=C\CN)CC1. The predicted molar refractivity (Wildman–Crippen MR) is 180 cm³/mol. The molecule has 4 unspecified atom stereocenters. The third kappa shape index (κ3) is 9.73. The van der Waals surface area contributed by atoms with Gasteiger partial charge in [-0.3, -0.25) is 0 Å². The Hall–Kier alpha value is -3.14. The van der Waals surface area contributed by atoms with E-state index in [1.807, 2.05) is 0 Å². The largest absolute Gasteiger partial charge is 0.382 e. The maximum Gasteiger partial charge on any atom is 0.0342 e. The van der Waals surface area contributed by atoms with E-state index in [0.29, 0.717) is 36.8 Å². The zero-order valence-corrected chi connectivity index (χ0v) is 25.7. The molecular weight excluding hydrogens is 498 g/mol. The second-order valence-corrected chi connectivity index (χ2v) is 11.4. The lowest BCUT2D eigenvalue weighted by Gasteiger charge is -2.36. The summed E-state index contributed by atoms with van der Waals surface area (Å²) < 4.78 is 0. The summed E-state index contributed by atoms with van der Waals surface area (Å²) in [6, 6.07) is 0. The lowest BCUT2D eigenvalue weighted by Crippen LogP contribution is -2.24. The number of nitrogens with one attached hydrogen (secondary N) is 1. The molecule has 4 atom stereocenters. The monoisotopic (exact) mass is 551 g/mol. The van der Waals surface area contributed by atoms with Gasteiger partial charge in [-0.1, -0.05) is 111 Å². The highest BCUT2D eigenvalue weighted by atomic mass is 14.9. The molecule has 1 heterocycles. The van der Waals surface area contributed by atoms with E-state index in [1.165, 1.54) is 27.9 Å². The summed E-state index contributed by atoms with van der Waals surface area (Å²) >= 11 is 0.